The molecular weight excluding hydrogens is 707 g/mol. The number of benzene rings is 9. The number of aromatic nitrogens is 1. The molecule has 0 amide bonds. The minimum atomic E-state index is -0.369. The third-order valence-electron chi connectivity index (χ3n) is 13.4. The van der Waals surface area contributed by atoms with Crippen molar-refractivity contribution >= 4 is 80.4 Å². The molecule has 0 aliphatic heterocycles. The van der Waals surface area contributed by atoms with Gasteiger partial charge in [0.15, 0.2) is 0 Å². The minimum Gasteiger partial charge on any atom is -0.308 e. The Kier molecular flexibility index (Phi) is 5.65. The topological polar surface area (TPSA) is 4.41 Å². The van der Waals surface area contributed by atoms with E-state index in [1.807, 2.05) is 11.3 Å². The lowest BCUT2D eigenvalue weighted by Gasteiger charge is -2.30. The monoisotopic (exact) mass is 737 g/mol. The zero-order valence-corrected chi connectivity index (χ0v) is 31.6. The molecule has 0 bridgehead atoms. The molecule has 0 N–H and O–H groups in total. The summed E-state index contributed by atoms with van der Waals surface area (Å²) in [6.07, 6.45) is 0. The number of para-hydroxylation sites is 2. The largest absolute Gasteiger partial charge is 0.308 e. The first-order valence-electron chi connectivity index (χ1n) is 19.8. The summed E-state index contributed by atoms with van der Waals surface area (Å²) in [5.41, 5.74) is 16.6. The predicted molar refractivity (Wildman–Crippen MR) is 242 cm³/mol. The molecule has 14 rings (SSSR count). The van der Waals surface area contributed by atoms with E-state index in [1.165, 1.54) is 125 Å². The highest BCUT2D eigenvalue weighted by molar-refractivity contribution is 7.26. The smallest absolute Gasteiger partial charge is 0.0725 e. The third kappa shape index (κ3) is 3.62. The zero-order chi connectivity index (χ0) is 37.0. The van der Waals surface area contributed by atoms with E-state index in [0.717, 1.165) is 0 Å². The van der Waals surface area contributed by atoms with E-state index in [2.05, 4.69) is 192 Å². The summed E-state index contributed by atoms with van der Waals surface area (Å²) in [4.78, 5) is 0. The highest BCUT2D eigenvalue weighted by atomic mass is 32.1. The van der Waals surface area contributed by atoms with Crippen LogP contribution in [0.4, 0.5) is 0 Å². The van der Waals surface area contributed by atoms with Crippen molar-refractivity contribution in [2.45, 2.75) is 5.41 Å². The predicted octanol–water partition coefficient (Wildman–Crippen LogP) is 14.9. The van der Waals surface area contributed by atoms with Crippen molar-refractivity contribution in [3.8, 4) is 33.4 Å². The summed E-state index contributed by atoms with van der Waals surface area (Å²) in [6, 6.07) is 71.3. The van der Waals surface area contributed by atoms with Crippen molar-refractivity contribution in [1.29, 1.82) is 0 Å². The van der Waals surface area contributed by atoms with Crippen LogP contribution in [-0.2, 0) is 5.41 Å². The summed E-state index contributed by atoms with van der Waals surface area (Å²) < 4.78 is 5.22. The average molecular weight is 738 g/mol. The summed E-state index contributed by atoms with van der Waals surface area (Å²) in [6.45, 7) is 0. The molecule has 1 nitrogen and oxygen atoms in total. The van der Waals surface area contributed by atoms with Crippen molar-refractivity contribution in [3.05, 3.63) is 210 Å². The van der Waals surface area contributed by atoms with E-state index < -0.39 is 0 Å². The normalized spacial score (nSPS) is 13.8. The van der Waals surface area contributed by atoms with Crippen LogP contribution in [0.1, 0.15) is 22.3 Å². The molecule has 0 atom stereocenters. The Balaban J connectivity index is 1.09. The van der Waals surface area contributed by atoms with Crippen LogP contribution < -0.4 is 0 Å². The van der Waals surface area contributed by atoms with Crippen molar-refractivity contribution in [2.75, 3.05) is 0 Å². The van der Waals surface area contributed by atoms with E-state index >= 15 is 0 Å². The molecule has 0 unspecified atom stereocenters. The number of fused-ring (bicyclic) bond motifs is 17. The van der Waals surface area contributed by atoms with Gasteiger partial charge in [0.05, 0.1) is 22.0 Å². The van der Waals surface area contributed by atoms with Crippen molar-refractivity contribution < 1.29 is 0 Å². The molecule has 2 aliphatic rings. The Hall–Kier alpha value is -7.00. The summed E-state index contributed by atoms with van der Waals surface area (Å²) in [7, 11) is 0. The molecule has 3 heterocycles. The SMILES string of the molecule is c1ccc2c(c1)-c1ccccc1C21c2ccccc2-c2ccc(-c3ccc4c(c3)c3cccc5c6cccc7sc8cccc(c9ccccc9n4c53)c8c76)cc21. The van der Waals surface area contributed by atoms with Gasteiger partial charge < -0.3 is 4.40 Å². The van der Waals surface area contributed by atoms with Gasteiger partial charge in [0.2, 0.25) is 0 Å². The van der Waals surface area contributed by atoms with Crippen LogP contribution in [0.5, 0.6) is 0 Å². The quantitative estimate of drug-likeness (QED) is 0.158. The van der Waals surface area contributed by atoms with E-state index in [1.54, 1.807) is 0 Å². The molecule has 12 aromatic rings. The van der Waals surface area contributed by atoms with Crippen LogP contribution >= 0.6 is 11.3 Å². The molecule has 0 radical (unpaired) electrons. The van der Waals surface area contributed by atoms with Gasteiger partial charge in [-0.2, -0.15) is 0 Å². The lowest BCUT2D eigenvalue weighted by molar-refractivity contribution is 0.794. The van der Waals surface area contributed by atoms with Crippen LogP contribution in [-0.4, -0.2) is 4.40 Å². The van der Waals surface area contributed by atoms with E-state index in [4.69, 9.17) is 0 Å². The maximum atomic E-state index is 2.55. The second-order valence-corrected chi connectivity index (χ2v) is 17.0. The Morgan fingerprint density at radius 2 is 0.807 bits per heavy atom. The Morgan fingerprint density at radius 1 is 0.333 bits per heavy atom. The first-order chi connectivity index (χ1) is 28.3. The molecule has 2 aliphatic carbocycles. The Morgan fingerprint density at radius 3 is 1.49 bits per heavy atom. The van der Waals surface area contributed by atoms with Crippen molar-refractivity contribution in [3.63, 3.8) is 0 Å². The summed E-state index contributed by atoms with van der Waals surface area (Å²) in [5, 5.41) is 10.4. The fourth-order valence-corrected chi connectivity index (χ4v) is 12.4. The van der Waals surface area contributed by atoms with Gasteiger partial charge in [0.1, 0.15) is 0 Å². The zero-order valence-electron chi connectivity index (χ0n) is 30.8. The van der Waals surface area contributed by atoms with Crippen molar-refractivity contribution in [1.82, 2.24) is 4.40 Å². The lowest BCUT2D eigenvalue weighted by atomic mass is 9.70. The van der Waals surface area contributed by atoms with Crippen molar-refractivity contribution in [2.24, 2.45) is 0 Å². The molecule has 0 saturated heterocycles. The van der Waals surface area contributed by atoms with Gasteiger partial charge in [0.25, 0.3) is 0 Å². The van der Waals surface area contributed by atoms with Gasteiger partial charge in [-0.15, -0.1) is 11.3 Å². The number of hydrogen-bond donors (Lipinski definition) is 0. The first kappa shape index (κ1) is 30.2. The lowest BCUT2D eigenvalue weighted by Crippen LogP contribution is -2.25. The molecule has 2 heteroatoms. The molecule has 3 aromatic heterocycles. The van der Waals surface area contributed by atoms with E-state index in [-0.39, 0.29) is 5.41 Å². The number of thiophene rings is 1. The number of nitrogens with zero attached hydrogens (tertiary/aromatic N) is 1. The standard InChI is InChI=1S/C55H31NS/c1-5-20-44-34(12-1)35-13-2-6-21-45(35)55(44)46-22-7-3-14-36(46)37-28-26-33(31-47(37)55)32-27-29-49-43(30-32)42-19-9-18-41-40-17-11-25-51-53(40)52-39(16-10-24-50(52)57-51)38-15-4-8-23-48(38)56(49)54(41)42/h1-31H. The maximum absolute atomic E-state index is 2.55. The fourth-order valence-electron chi connectivity index (χ4n) is 11.2. The molecule has 262 valence electrons. The first-order valence-corrected chi connectivity index (χ1v) is 20.7. The van der Waals surface area contributed by atoms with Crippen LogP contribution in [0.25, 0.3) is 102 Å². The molecule has 0 saturated carbocycles. The van der Waals surface area contributed by atoms with E-state index in [9.17, 15) is 0 Å². The molecule has 57 heavy (non-hydrogen) atoms. The molecule has 9 aromatic carbocycles. The van der Waals surface area contributed by atoms with E-state index in [0.29, 0.717) is 0 Å². The van der Waals surface area contributed by atoms with Crippen LogP contribution in [0.15, 0.2) is 188 Å². The van der Waals surface area contributed by atoms with Crippen LogP contribution in [0.2, 0.25) is 0 Å². The van der Waals surface area contributed by atoms with Gasteiger partial charge in [0, 0.05) is 41.7 Å². The average Bonchev–Trinajstić information content (AvgIpc) is 4.00. The second-order valence-electron chi connectivity index (χ2n) is 15.9. The Labute approximate surface area is 332 Å². The highest BCUT2D eigenvalue weighted by Crippen LogP contribution is 2.63. The Bertz CT molecular complexity index is 3700. The third-order valence-corrected chi connectivity index (χ3v) is 14.5. The van der Waals surface area contributed by atoms with Gasteiger partial charge >= 0.3 is 0 Å². The summed E-state index contributed by atoms with van der Waals surface area (Å²) >= 11 is 1.90. The number of hydrogen-bond acceptors (Lipinski definition) is 1. The van der Waals surface area contributed by atoms with Gasteiger partial charge in [-0.25, -0.2) is 0 Å². The molecular formula is C55H31NS. The molecule has 0 fully saturated rings. The highest BCUT2D eigenvalue weighted by Gasteiger charge is 2.51. The minimum absolute atomic E-state index is 0.369. The van der Waals surface area contributed by atoms with Crippen LogP contribution in [0.3, 0.4) is 0 Å². The van der Waals surface area contributed by atoms with Crippen LogP contribution in [0, 0.1) is 0 Å². The second kappa shape index (κ2) is 10.6. The van der Waals surface area contributed by atoms with Gasteiger partial charge in [-0.1, -0.05) is 152 Å². The molecule has 1 spiro atoms. The van der Waals surface area contributed by atoms with Gasteiger partial charge in [-0.3, -0.25) is 0 Å². The van der Waals surface area contributed by atoms with Gasteiger partial charge in [-0.05, 0) is 103 Å². The maximum Gasteiger partial charge on any atom is 0.0725 e. The number of rotatable bonds is 1. The fraction of sp³-hybridized carbons (Fsp3) is 0.0182. The summed E-state index contributed by atoms with van der Waals surface area (Å²) in [5.74, 6) is 0.